The fraction of sp³-hybridized carbons (Fsp3) is 0.500. The molecule has 0 amide bonds. The number of thiazole rings is 1. The van der Waals surface area contributed by atoms with Crippen LogP contribution in [0.2, 0.25) is 5.02 Å². The Morgan fingerprint density at radius 2 is 2.11 bits per heavy atom. The molecule has 0 aliphatic carbocycles. The van der Waals surface area contributed by atoms with Gasteiger partial charge in [-0.05, 0) is 30.5 Å². The maximum absolute atomic E-state index is 6.37. The average Bonchev–Trinajstić information content (AvgIpc) is 3.02. The lowest BCUT2D eigenvalue weighted by Gasteiger charge is -2.12. The Kier molecular flexibility index (Phi) is 7.39. The number of hydrogen-bond acceptors (Lipinski definition) is 5. The molecule has 0 spiro atoms. The van der Waals surface area contributed by atoms with Crippen LogP contribution < -0.4 is 20.1 Å². The number of aromatic nitrogens is 1. The van der Waals surface area contributed by atoms with Crippen LogP contribution in [0.1, 0.15) is 49.4 Å². The number of fused-ring (bicyclic) bond motifs is 1. The molecule has 3 rings (SSSR count). The van der Waals surface area contributed by atoms with E-state index in [1.807, 2.05) is 19.1 Å². The number of guanidine groups is 1. The minimum atomic E-state index is 0.441. The summed E-state index contributed by atoms with van der Waals surface area (Å²) in [5.41, 5.74) is 2.10. The Labute approximate surface area is 175 Å². The van der Waals surface area contributed by atoms with Crippen LogP contribution in [-0.4, -0.2) is 30.7 Å². The van der Waals surface area contributed by atoms with Gasteiger partial charge in [-0.3, -0.25) is 0 Å². The van der Waals surface area contributed by atoms with E-state index < -0.39 is 0 Å². The Hall–Kier alpha value is -1.99. The fourth-order valence-electron chi connectivity index (χ4n) is 2.72. The number of ether oxygens (including phenoxy) is 2. The summed E-state index contributed by atoms with van der Waals surface area (Å²) in [4.78, 5) is 9.32. The first-order valence-corrected chi connectivity index (χ1v) is 10.9. The van der Waals surface area contributed by atoms with Crippen LogP contribution in [0.4, 0.5) is 0 Å². The summed E-state index contributed by atoms with van der Waals surface area (Å²) >= 11 is 8.04. The molecule has 2 heterocycles. The highest BCUT2D eigenvalue weighted by atomic mass is 35.5. The van der Waals surface area contributed by atoms with Crippen molar-refractivity contribution in [2.24, 2.45) is 4.99 Å². The second kappa shape index (κ2) is 9.98. The Morgan fingerprint density at radius 3 is 2.86 bits per heavy atom. The van der Waals surface area contributed by atoms with Gasteiger partial charge in [-0.15, -0.1) is 11.3 Å². The molecule has 6 nitrogen and oxygen atoms in total. The van der Waals surface area contributed by atoms with Gasteiger partial charge in [-0.1, -0.05) is 25.4 Å². The van der Waals surface area contributed by atoms with Crippen molar-refractivity contribution in [1.82, 2.24) is 15.6 Å². The van der Waals surface area contributed by atoms with E-state index in [4.69, 9.17) is 21.1 Å². The predicted octanol–water partition coefficient (Wildman–Crippen LogP) is 4.34. The van der Waals surface area contributed by atoms with Crippen molar-refractivity contribution in [2.45, 2.75) is 46.2 Å². The SMILES string of the molecule is CCNC(=NCc1cc(Cl)c2c(c1)OCCCO2)NCc1nc(C(C)C)cs1. The van der Waals surface area contributed by atoms with Crippen molar-refractivity contribution in [3.63, 3.8) is 0 Å². The van der Waals surface area contributed by atoms with Gasteiger partial charge in [0.05, 0.1) is 37.0 Å². The molecule has 2 aromatic rings. The molecule has 1 aromatic heterocycles. The first-order valence-electron chi connectivity index (χ1n) is 9.61. The minimum Gasteiger partial charge on any atom is -0.489 e. The van der Waals surface area contributed by atoms with Gasteiger partial charge in [0.2, 0.25) is 0 Å². The summed E-state index contributed by atoms with van der Waals surface area (Å²) in [6, 6.07) is 3.84. The Morgan fingerprint density at radius 1 is 1.29 bits per heavy atom. The zero-order chi connectivity index (χ0) is 19.9. The third-order valence-electron chi connectivity index (χ3n) is 4.19. The number of rotatable bonds is 6. The van der Waals surface area contributed by atoms with Crippen molar-refractivity contribution < 1.29 is 9.47 Å². The summed E-state index contributed by atoms with van der Waals surface area (Å²) in [7, 11) is 0. The highest BCUT2D eigenvalue weighted by Gasteiger charge is 2.15. The van der Waals surface area contributed by atoms with E-state index in [1.54, 1.807) is 11.3 Å². The molecule has 0 atom stereocenters. The van der Waals surface area contributed by atoms with Crippen LogP contribution in [0, 0.1) is 0 Å². The summed E-state index contributed by atoms with van der Waals surface area (Å²) in [6.45, 7) is 9.51. The first kappa shape index (κ1) is 20.7. The zero-order valence-corrected chi connectivity index (χ0v) is 18.1. The maximum Gasteiger partial charge on any atom is 0.191 e. The molecule has 1 aromatic carbocycles. The largest absolute Gasteiger partial charge is 0.489 e. The van der Waals surface area contributed by atoms with Crippen LogP contribution in [0.3, 0.4) is 0 Å². The summed E-state index contributed by atoms with van der Waals surface area (Å²) in [5, 5.41) is 10.3. The summed E-state index contributed by atoms with van der Waals surface area (Å²) in [5.74, 6) is 2.50. The maximum atomic E-state index is 6.37. The number of benzene rings is 1. The molecule has 0 radical (unpaired) electrons. The van der Waals surface area contributed by atoms with Gasteiger partial charge in [0, 0.05) is 18.3 Å². The van der Waals surface area contributed by atoms with E-state index >= 15 is 0 Å². The van der Waals surface area contributed by atoms with Crippen molar-refractivity contribution >= 4 is 28.9 Å². The van der Waals surface area contributed by atoms with Gasteiger partial charge in [-0.25, -0.2) is 9.98 Å². The van der Waals surface area contributed by atoms with Gasteiger partial charge in [0.25, 0.3) is 0 Å². The molecule has 8 heteroatoms. The lowest BCUT2D eigenvalue weighted by atomic mass is 10.2. The fourth-order valence-corrected chi connectivity index (χ4v) is 3.90. The van der Waals surface area contributed by atoms with E-state index in [1.165, 1.54) is 0 Å². The molecular formula is C20H27ClN4O2S. The van der Waals surface area contributed by atoms with Gasteiger partial charge in [-0.2, -0.15) is 0 Å². The smallest absolute Gasteiger partial charge is 0.191 e. The van der Waals surface area contributed by atoms with E-state index in [9.17, 15) is 0 Å². The number of halogens is 1. The van der Waals surface area contributed by atoms with Gasteiger partial charge < -0.3 is 20.1 Å². The van der Waals surface area contributed by atoms with Gasteiger partial charge in [0.1, 0.15) is 5.01 Å². The van der Waals surface area contributed by atoms with Crippen molar-refractivity contribution in [2.75, 3.05) is 19.8 Å². The highest BCUT2D eigenvalue weighted by molar-refractivity contribution is 7.09. The molecule has 2 N–H and O–H groups in total. The molecule has 1 aliphatic rings. The molecule has 152 valence electrons. The second-order valence-electron chi connectivity index (χ2n) is 6.82. The lowest BCUT2D eigenvalue weighted by Crippen LogP contribution is -2.36. The topological polar surface area (TPSA) is 67.8 Å². The Balaban J connectivity index is 1.66. The molecule has 0 fully saturated rings. The molecule has 0 unspecified atom stereocenters. The third-order valence-corrected chi connectivity index (χ3v) is 5.34. The molecule has 1 aliphatic heterocycles. The van der Waals surface area contributed by atoms with Crippen LogP contribution in [0.5, 0.6) is 11.5 Å². The standard InChI is InChI=1S/C20H27ClN4O2S/c1-4-22-20(24-11-18-25-16(12-28-18)13(2)3)23-10-14-8-15(21)19-17(9-14)26-6-5-7-27-19/h8-9,12-13H,4-7,10-11H2,1-3H3,(H2,22,23,24). The monoisotopic (exact) mass is 422 g/mol. The van der Waals surface area contributed by atoms with E-state index in [-0.39, 0.29) is 0 Å². The first-order chi connectivity index (χ1) is 13.6. The van der Waals surface area contributed by atoms with Gasteiger partial charge in [0.15, 0.2) is 17.5 Å². The molecule has 0 bridgehead atoms. The normalized spacial score (nSPS) is 14.1. The number of hydrogen-bond donors (Lipinski definition) is 2. The third kappa shape index (κ3) is 5.52. The number of nitrogens with zero attached hydrogens (tertiary/aromatic N) is 2. The predicted molar refractivity (Wildman–Crippen MR) is 115 cm³/mol. The second-order valence-corrected chi connectivity index (χ2v) is 8.17. The summed E-state index contributed by atoms with van der Waals surface area (Å²) < 4.78 is 11.4. The van der Waals surface area contributed by atoms with Crippen molar-refractivity contribution in [3.05, 3.63) is 38.8 Å². The quantitative estimate of drug-likeness (QED) is 0.535. The number of nitrogens with one attached hydrogen (secondary N) is 2. The lowest BCUT2D eigenvalue weighted by molar-refractivity contribution is 0.297. The highest BCUT2D eigenvalue weighted by Crippen LogP contribution is 2.38. The van der Waals surface area contributed by atoms with E-state index in [2.05, 4.69) is 39.8 Å². The molecule has 0 saturated carbocycles. The van der Waals surface area contributed by atoms with Crippen LogP contribution in [0.25, 0.3) is 0 Å². The van der Waals surface area contributed by atoms with E-state index in [0.29, 0.717) is 48.7 Å². The van der Waals surface area contributed by atoms with Crippen molar-refractivity contribution in [3.8, 4) is 11.5 Å². The zero-order valence-electron chi connectivity index (χ0n) is 16.5. The van der Waals surface area contributed by atoms with Crippen molar-refractivity contribution in [1.29, 1.82) is 0 Å². The van der Waals surface area contributed by atoms with Crippen LogP contribution in [-0.2, 0) is 13.1 Å². The molecule has 28 heavy (non-hydrogen) atoms. The number of aliphatic imine (C=N–C) groups is 1. The molecule has 0 saturated heterocycles. The molecular weight excluding hydrogens is 396 g/mol. The average molecular weight is 423 g/mol. The van der Waals surface area contributed by atoms with Crippen LogP contribution in [0.15, 0.2) is 22.5 Å². The Bertz CT molecular complexity index is 823. The minimum absolute atomic E-state index is 0.441. The summed E-state index contributed by atoms with van der Waals surface area (Å²) in [6.07, 6.45) is 0.849. The van der Waals surface area contributed by atoms with E-state index in [0.717, 1.165) is 35.2 Å². The van der Waals surface area contributed by atoms with Gasteiger partial charge >= 0.3 is 0 Å². The van der Waals surface area contributed by atoms with Crippen LogP contribution >= 0.6 is 22.9 Å².